The molecule has 0 saturated carbocycles. The Kier molecular flexibility index (Phi) is 2.56. The molecule has 1 aromatic heterocycles. The Hall–Kier alpha value is -2.62. The van der Waals surface area contributed by atoms with Gasteiger partial charge in [0.2, 0.25) is 0 Å². The molecule has 19 heavy (non-hydrogen) atoms. The van der Waals surface area contributed by atoms with E-state index in [1.807, 2.05) is 35.9 Å². The van der Waals surface area contributed by atoms with Crippen molar-refractivity contribution in [2.45, 2.75) is 0 Å². The van der Waals surface area contributed by atoms with Crippen LogP contribution in [0.5, 0.6) is 5.75 Å². The minimum atomic E-state index is -0.160. The number of aromatic hydroxyl groups is 1. The Labute approximate surface area is 109 Å². The molecule has 94 valence electrons. The molecule has 2 aromatic carbocycles. The van der Waals surface area contributed by atoms with Gasteiger partial charge in [0.15, 0.2) is 0 Å². The second-order valence-corrected chi connectivity index (χ2v) is 4.40. The molecule has 0 aliphatic carbocycles. The molecule has 4 nitrogen and oxygen atoms in total. The fourth-order valence-electron chi connectivity index (χ4n) is 2.26. The highest BCUT2D eigenvalue weighted by Gasteiger charge is 2.18. The number of aromatic amines is 1. The minimum Gasteiger partial charge on any atom is -0.507 e. The van der Waals surface area contributed by atoms with Crippen molar-refractivity contribution < 1.29 is 9.67 Å². The highest BCUT2D eigenvalue weighted by Crippen LogP contribution is 2.24. The van der Waals surface area contributed by atoms with E-state index >= 15 is 0 Å². The molecular weight excluding hydrogens is 240 g/mol. The normalized spacial score (nSPS) is 10.8. The zero-order valence-electron chi connectivity index (χ0n) is 10.4. The first-order valence-corrected chi connectivity index (χ1v) is 5.98. The first-order valence-electron chi connectivity index (χ1n) is 5.98. The van der Waals surface area contributed by atoms with Crippen LogP contribution in [0.1, 0.15) is 0 Å². The second kappa shape index (κ2) is 4.24. The number of fused-ring (bicyclic) bond motifs is 1. The first kappa shape index (κ1) is 11.5. The molecule has 0 amide bonds. The van der Waals surface area contributed by atoms with E-state index in [9.17, 15) is 9.90 Å². The van der Waals surface area contributed by atoms with Crippen molar-refractivity contribution in [3.63, 3.8) is 0 Å². The summed E-state index contributed by atoms with van der Waals surface area (Å²) in [5.41, 5.74) is 1.27. The lowest BCUT2D eigenvalue weighted by Gasteiger charge is -2.05. The van der Waals surface area contributed by atoms with Crippen LogP contribution in [0.15, 0.2) is 53.3 Å². The summed E-state index contributed by atoms with van der Waals surface area (Å²) < 4.78 is 1.87. The molecular formula is C15H13N2O2+. The van der Waals surface area contributed by atoms with E-state index in [-0.39, 0.29) is 11.3 Å². The fraction of sp³-hybridized carbons (Fsp3) is 0.0667. The molecule has 0 unspecified atom stereocenters. The number of phenolic OH excluding ortho intramolecular Hbond substituents is 1. The number of H-pyrrole nitrogens is 1. The average Bonchev–Trinajstić information content (AvgIpc) is 2.44. The van der Waals surface area contributed by atoms with Crippen LogP contribution in [0.4, 0.5) is 0 Å². The predicted molar refractivity (Wildman–Crippen MR) is 72.8 cm³/mol. The van der Waals surface area contributed by atoms with Gasteiger partial charge in [0.1, 0.15) is 22.2 Å². The number of phenols is 1. The highest BCUT2D eigenvalue weighted by molar-refractivity contribution is 5.76. The number of hydrogen-bond donors (Lipinski definition) is 2. The Morgan fingerprint density at radius 2 is 1.74 bits per heavy atom. The third kappa shape index (κ3) is 1.78. The molecule has 3 aromatic rings. The maximum absolute atomic E-state index is 12.1. The van der Waals surface area contributed by atoms with E-state index in [1.165, 1.54) is 0 Å². The van der Waals surface area contributed by atoms with Gasteiger partial charge in [-0.05, 0) is 24.3 Å². The van der Waals surface area contributed by atoms with Gasteiger partial charge in [-0.25, -0.2) is 14.3 Å². The Bertz CT molecular complexity index is 822. The van der Waals surface area contributed by atoms with Crippen LogP contribution in [0.25, 0.3) is 22.3 Å². The number of nitrogens with one attached hydrogen (secondary N) is 1. The molecule has 0 radical (unpaired) electrons. The van der Waals surface area contributed by atoms with E-state index in [0.29, 0.717) is 16.8 Å². The number of nitrogens with zero attached hydrogens (tertiary/aromatic N) is 1. The molecule has 0 aliphatic rings. The van der Waals surface area contributed by atoms with Crippen LogP contribution >= 0.6 is 0 Å². The molecule has 0 atom stereocenters. The van der Waals surface area contributed by atoms with Crippen molar-refractivity contribution in [1.82, 2.24) is 4.98 Å². The molecule has 0 fully saturated rings. The van der Waals surface area contributed by atoms with Gasteiger partial charge in [-0.2, -0.15) is 0 Å². The van der Waals surface area contributed by atoms with Crippen LogP contribution < -0.4 is 10.1 Å². The highest BCUT2D eigenvalue weighted by atomic mass is 16.3. The van der Waals surface area contributed by atoms with E-state index in [2.05, 4.69) is 4.98 Å². The Morgan fingerprint density at radius 1 is 1.05 bits per heavy atom. The van der Waals surface area contributed by atoms with Gasteiger partial charge in [0.05, 0.1) is 7.05 Å². The monoisotopic (exact) mass is 253 g/mol. The standard InChI is InChI=1S/C15H12N2O2/c1-17-12-8-4-2-6-10(12)15(19)16-14(17)11-7-3-5-9-13(11)18/h2-9H,1H3,(H,16,18,19)/p+1. The summed E-state index contributed by atoms with van der Waals surface area (Å²) in [4.78, 5) is 14.9. The maximum atomic E-state index is 12.1. The van der Waals surface area contributed by atoms with Gasteiger partial charge in [0, 0.05) is 0 Å². The van der Waals surface area contributed by atoms with Gasteiger partial charge in [-0.1, -0.05) is 24.3 Å². The van der Waals surface area contributed by atoms with Crippen molar-refractivity contribution in [2.75, 3.05) is 0 Å². The van der Waals surface area contributed by atoms with Crippen molar-refractivity contribution in [3.05, 3.63) is 58.9 Å². The SMILES string of the molecule is C[n+]1c(-c2ccccc2O)[nH]c(=O)c2ccccc21. The largest absolute Gasteiger partial charge is 0.507 e. The molecule has 1 heterocycles. The van der Waals surface area contributed by atoms with Gasteiger partial charge in [-0.15, -0.1) is 0 Å². The van der Waals surface area contributed by atoms with E-state index in [0.717, 1.165) is 5.52 Å². The van der Waals surface area contributed by atoms with Crippen molar-refractivity contribution in [1.29, 1.82) is 0 Å². The van der Waals surface area contributed by atoms with Crippen LogP contribution in [0.2, 0.25) is 0 Å². The van der Waals surface area contributed by atoms with E-state index in [1.54, 1.807) is 24.3 Å². The third-order valence-electron chi connectivity index (χ3n) is 3.24. The number of aryl methyl sites for hydroxylation is 1. The summed E-state index contributed by atoms with van der Waals surface area (Å²) >= 11 is 0. The van der Waals surface area contributed by atoms with Gasteiger partial charge >= 0.3 is 5.56 Å². The third-order valence-corrected chi connectivity index (χ3v) is 3.24. The smallest absolute Gasteiger partial charge is 0.343 e. The number of benzene rings is 2. The summed E-state index contributed by atoms with van der Waals surface area (Å²) in [6, 6.07) is 14.3. The van der Waals surface area contributed by atoms with Crippen LogP contribution in [-0.4, -0.2) is 10.1 Å². The van der Waals surface area contributed by atoms with Crippen molar-refractivity contribution in [2.24, 2.45) is 7.05 Å². The quantitative estimate of drug-likeness (QED) is 0.649. The zero-order chi connectivity index (χ0) is 13.4. The number of hydrogen-bond acceptors (Lipinski definition) is 2. The molecule has 0 saturated heterocycles. The number of rotatable bonds is 1. The summed E-state index contributed by atoms with van der Waals surface area (Å²) in [5, 5.41) is 10.5. The van der Waals surface area contributed by atoms with Crippen molar-refractivity contribution in [3.8, 4) is 17.1 Å². The number of aromatic nitrogens is 2. The average molecular weight is 253 g/mol. The number of para-hydroxylation sites is 2. The van der Waals surface area contributed by atoms with Gasteiger partial charge < -0.3 is 5.11 Å². The fourth-order valence-corrected chi connectivity index (χ4v) is 2.26. The molecule has 0 spiro atoms. The summed E-state index contributed by atoms with van der Waals surface area (Å²) in [6.45, 7) is 0. The summed E-state index contributed by atoms with van der Waals surface area (Å²) in [6.07, 6.45) is 0. The zero-order valence-corrected chi connectivity index (χ0v) is 10.4. The topological polar surface area (TPSA) is 57.0 Å². The lowest BCUT2D eigenvalue weighted by Crippen LogP contribution is -2.36. The van der Waals surface area contributed by atoms with Crippen LogP contribution in [0, 0.1) is 0 Å². The molecule has 4 heteroatoms. The molecule has 0 aliphatic heterocycles. The maximum Gasteiger partial charge on any atom is 0.343 e. The van der Waals surface area contributed by atoms with Crippen LogP contribution in [-0.2, 0) is 7.05 Å². The van der Waals surface area contributed by atoms with Crippen LogP contribution in [0.3, 0.4) is 0 Å². The summed E-state index contributed by atoms with van der Waals surface area (Å²) in [7, 11) is 1.86. The van der Waals surface area contributed by atoms with Gasteiger partial charge in [-0.3, -0.25) is 0 Å². The minimum absolute atomic E-state index is 0.143. The lowest BCUT2D eigenvalue weighted by atomic mass is 10.1. The molecule has 3 rings (SSSR count). The van der Waals surface area contributed by atoms with Crippen molar-refractivity contribution >= 4 is 10.9 Å². The summed E-state index contributed by atoms with van der Waals surface area (Å²) in [5.74, 6) is 0.728. The second-order valence-electron chi connectivity index (χ2n) is 4.40. The Balaban J connectivity index is 2.41. The molecule has 0 bridgehead atoms. The first-order chi connectivity index (χ1) is 9.18. The van der Waals surface area contributed by atoms with E-state index < -0.39 is 0 Å². The molecule has 2 N–H and O–H groups in total. The van der Waals surface area contributed by atoms with E-state index in [4.69, 9.17) is 0 Å². The Morgan fingerprint density at radius 3 is 2.53 bits per heavy atom. The predicted octanol–water partition coefficient (Wildman–Crippen LogP) is 1.73. The lowest BCUT2D eigenvalue weighted by molar-refractivity contribution is -0.636. The van der Waals surface area contributed by atoms with Gasteiger partial charge in [0.25, 0.3) is 5.82 Å².